The fourth-order valence-corrected chi connectivity index (χ4v) is 3.06. The van der Waals surface area contributed by atoms with Crippen LogP contribution in [0, 0.1) is 0 Å². The smallest absolute Gasteiger partial charge is 0.0750 e. The predicted molar refractivity (Wildman–Crippen MR) is 105 cm³/mol. The van der Waals surface area contributed by atoms with Gasteiger partial charge in [0.2, 0.25) is 0 Å². The van der Waals surface area contributed by atoms with E-state index < -0.39 is 0 Å². The minimum atomic E-state index is 0.250. The minimum Gasteiger partial charge on any atom is -0.399 e. The number of hydrogen-bond donors (Lipinski definition) is 2. The van der Waals surface area contributed by atoms with E-state index in [1.165, 1.54) is 5.56 Å². The fourth-order valence-electron chi connectivity index (χ4n) is 3.06. The SMILES string of the molecule is Nc1ccc(-c2ccc(C3C=CC=C3)c(-c3ccc(N)cc3)n2)cc1. The molecule has 0 aliphatic heterocycles. The van der Waals surface area contributed by atoms with Crippen LogP contribution >= 0.6 is 0 Å². The summed E-state index contributed by atoms with van der Waals surface area (Å²) in [5.74, 6) is 0.250. The largest absolute Gasteiger partial charge is 0.399 e. The summed E-state index contributed by atoms with van der Waals surface area (Å²) < 4.78 is 0. The van der Waals surface area contributed by atoms with Gasteiger partial charge in [-0.1, -0.05) is 54.6 Å². The van der Waals surface area contributed by atoms with Gasteiger partial charge in [-0.05, 0) is 35.9 Å². The Balaban J connectivity index is 1.85. The molecular weight excluding hydrogens is 306 g/mol. The van der Waals surface area contributed by atoms with Crippen molar-refractivity contribution in [3.05, 3.63) is 90.5 Å². The molecule has 4 N–H and O–H groups in total. The number of rotatable bonds is 3. The van der Waals surface area contributed by atoms with E-state index in [1.54, 1.807) is 0 Å². The van der Waals surface area contributed by atoms with Crippen molar-refractivity contribution in [1.29, 1.82) is 0 Å². The quantitative estimate of drug-likeness (QED) is 0.680. The van der Waals surface area contributed by atoms with Gasteiger partial charge in [-0.3, -0.25) is 0 Å². The molecule has 3 heteroatoms. The van der Waals surface area contributed by atoms with Crippen molar-refractivity contribution in [3.8, 4) is 22.5 Å². The molecule has 1 heterocycles. The summed E-state index contributed by atoms with van der Waals surface area (Å²) in [5.41, 5.74) is 18.4. The molecule has 0 radical (unpaired) electrons. The number of anilines is 2. The second kappa shape index (κ2) is 6.29. The van der Waals surface area contributed by atoms with E-state index in [4.69, 9.17) is 16.5 Å². The van der Waals surface area contributed by atoms with Gasteiger partial charge < -0.3 is 11.5 Å². The van der Waals surface area contributed by atoms with Crippen LogP contribution in [0.1, 0.15) is 11.5 Å². The average Bonchev–Trinajstić information content (AvgIpc) is 3.17. The maximum atomic E-state index is 5.85. The van der Waals surface area contributed by atoms with Crippen LogP contribution in [-0.4, -0.2) is 4.98 Å². The Bertz CT molecular complexity index is 940. The van der Waals surface area contributed by atoms with Crippen molar-refractivity contribution < 1.29 is 0 Å². The van der Waals surface area contributed by atoms with E-state index in [0.29, 0.717) is 0 Å². The molecule has 1 aromatic heterocycles. The third-order valence-electron chi connectivity index (χ3n) is 4.42. The van der Waals surface area contributed by atoms with Gasteiger partial charge in [0.1, 0.15) is 0 Å². The highest BCUT2D eigenvalue weighted by molar-refractivity contribution is 5.72. The van der Waals surface area contributed by atoms with E-state index in [2.05, 4.69) is 36.4 Å². The number of aromatic nitrogens is 1. The summed E-state index contributed by atoms with van der Waals surface area (Å²) >= 11 is 0. The van der Waals surface area contributed by atoms with Crippen LogP contribution in [0.15, 0.2) is 85.0 Å². The van der Waals surface area contributed by atoms with Gasteiger partial charge in [-0.15, -0.1) is 0 Å². The van der Waals surface area contributed by atoms with Crippen molar-refractivity contribution in [2.24, 2.45) is 0 Å². The number of nitrogen functional groups attached to an aromatic ring is 2. The van der Waals surface area contributed by atoms with Crippen molar-refractivity contribution in [1.82, 2.24) is 4.98 Å². The number of hydrogen-bond acceptors (Lipinski definition) is 3. The molecular formula is C22H19N3. The Morgan fingerprint density at radius 2 is 1.20 bits per heavy atom. The van der Waals surface area contributed by atoms with Crippen molar-refractivity contribution in [2.75, 3.05) is 11.5 Å². The molecule has 2 aromatic carbocycles. The van der Waals surface area contributed by atoms with Crippen molar-refractivity contribution in [3.63, 3.8) is 0 Å². The van der Waals surface area contributed by atoms with Crippen LogP contribution in [-0.2, 0) is 0 Å². The molecule has 3 aromatic rings. The molecule has 0 unspecified atom stereocenters. The zero-order chi connectivity index (χ0) is 17.2. The van der Waals surface area contributed by atoms with Gasteiger partial charge in [0.25, 0.3) is 0 Å². The highest BCUT2D eigenvalue weighted by atomic mass is 14.7. The number of allylic oxidation sites excluding steroid dienone is 4. The van der Waals surface area contributed by atoms with Gasteiger partial charge in [0.05, 0.1) is 11.4 Å². The van der Waals surface area contributed by atoms with Gasteiger partial charge >= 0.3 is 0 Å². The Hall–Kier alpha value is -3.33. The first-order valence-electron chi connectivity index (χ1n) is 8.28. The van der Waals surface area contributed by atoms with Crippen LogP contribution in [0.2, 0.25) is 0 Å². The second-order valence-corrected chi connectivity index (χ2v) is 6.17. The zero-order valence-corrected chi connectivity index (χ0v) is 13.8. The Morgan fingerprint density at radius 1 is 0.640 bits per heavy atom. The minimum absolute atomic E-state index is 0.250. The summed E-state index contributed by atoms with van der Waals surface area (Å²) in [6, 6.07) is 19.9. The molecule has 25 heavy (non-hydrogen) atoms. The van der Waals surface area contributed by atoms with Gasteiger partial charge in [0.15, 0.2) is 0 Å². The summed E-state index contributed by atoms with van der Waals surface area (Å²) in [6.07, 6.45) is 8.51. The summed E-state index contributed by atoms with van der Waals surface area (Å²) in [5, 5.41) is 0. The molecule has 1 aliphatic carbocycles. The number of pyridine rings is 1. The first-order chi connectivity index (χ1) is 12.2. The standard InChI is InChI=1S/C22H19N3/c23-18-9-5-16(6-10-18)21-14-13-20(15-3-1-2-4-15)22(25-21)17-7-11-19(24)12-8-17/h1-15H,23-24H2. The predicted octanol–water partition coefficient (Wildman–Crippen LogP) is 4.79. The molecule has 0 bridgehead atoms. The Kier molecular flexibility index (Phi) is 3.82. The molecule has 0 fully saturated rings. The lowest BCUT2D eigenvalue weighted by atomic mass is 9.94. The number of nitrogens with two attached hydrogens (primary N) is 2. The molecule has 122 valence electrons. The van der Waals surface area contributed by atoms with E-state index in [-0.39, 0.29) is 5.92 Å². The van der Waals surface area contributed by atoms with Gasteiger partial charge in [0, 0.05) is 28.4 Å². The van der Waals surface area contributed by atoms with Crippen LogP contribution in [0.3, 0.4) is 0 Å². The van der Waals surface area contributed by atoms with Crippen molar-refractivity contribution in [2.45, 2.75) is 5.92 Å². The zero-order valence-electron chi connectivity index (χ0n) is 13.8. The maximum absolute atomic E-state index is 5.85. The first-order valence-corrected chi connectivity index (χ1v) is 8.28. The Morgan fingerprint density at radius 3 is 1.80 bits per heavy atom. The van der Waals surface area contributed by atoms with E-state index in [9.17, 15) is 0 Å². The first kappa shape index (κ1) is 15.2. The molecule has 1 aliphatic rings. The van der Waals surface area contributed by atoms with Crippen LogP contribution in [0.5, 0.6) is 0 Å². The van der Waals surface area contributed by atoms with Gasteiger partial charge in [-0.25, -0.2) is 4.98 Å². The summed E-state index contributed by atoms with van der Waals surface area (Å²) in [7, 11) is 0. The molecule has 0 spiro atoms. The highest BCUT2D eigenvalue weighted by Crippen LogP contribution is 2.34. The lowest BCUT2D eigenvalue weighted by Gasteiger charge is -2.15. The lowest BCUT2D eigenvalue weighted by Crippen LogP contribution is -1.99. The van der Waals surface area contributed by atoms with E-state index in [1.807, 2.05) is 48.5 Å². The van der Waals surface area contributed by atoms with Crippen LogP contribution < -0.4 is 11.5 Å². The van der Waals surface area contributed by atoms with Crippen molar-refractivity contribution >= 4 is 11.4 Å². The average molecular weight is 325 g/mol. The van der Waals surface area contributed by atoms with E-state index in [0.717, 1.165) is 33.9 Å². The van der Waals surface area contributed by atoms with Crippen LogP contribution in [0.25, 0.3) is 22.5 Å². The lowest BCUT2D eigenvalue weighted by molar-refractivity contribution is 1.08. The van der Waals surface area contributed by atoms with Gasteiger partial charge in [-0.2, -0.15) is 0 Å². The number of benzene rings is 2. The molecule has 3 nitrogen and oxygen atoms in total. The molecule has 0 saturated heterocycles. The third kappa shape index (κ3) is 3.04. The Labute approximate surface area is 147 Å². The van der Waals surface area contributed by atoms with E-state index >= 15 is 0 Å². The molecule has 0 saturated carbocycles. The maximum Gasteiger partial charge on any atom is 0.0750 e. The monoisotopic (exact) mass is 325 g/mol. The number of nitrogens with zero attached hydrogens (tertiary/aromatic N) is 1. The molecule has 0 amide bonds. The fraction of sp³-hybridized carbons (Fsp3) is 0.0455. The molecule has 0 atom stereocenters. The summed E-state index contributed by atoms with van der Waals surface area (Å²) in [4.78, 5) is 4.97. The summed E-state index contributed by atoms with van der Waals surface area (Å²) in [6.45, 7) is 0. The second-order valence-electron chi connectivity index (χ2n) is 6.17. The molecule has 4 rings (SSSR count). The van der Waals surface area contributed by atoms with Crippen LogP contribution in [0.4, 0.5) is 11.4 Å². The third-order valence-corrected chi connectivity index (χ3v) is 4.42. The highest BCUT2D eigenvalue weighted by Gasteiger charge is 2.16. The topological polar surface area (TPSA) is 64.9 Å². The normalized spacial score (nSPS) is 13.4.